The highest BCUT2D eigenvalue weighted by Crippen LogP contribution is 2.10. The van der Waals surface area contributed by atoms with Gasteiger partial charge in [-0.3, -0.25) is 0 Å². The third-order valence-electron chi connectivity index (χ3n) is 4.21. The van der Waals surface area contributed by atoms with Crippen LogP contribution in [0.2, 0.25) is 0 Å². The largest absolute Gasteiger partial charge is 0.393 e. The van der Waals surface area contributed by atoms with Crippen LogP contribution in [0.1, 0.15) is 31.7 Å². The summed E-state index contributed by atoms with van der Waals surface area (Å²) in [5, 5.41) is 16.0. The highest BCUT2D eigenvalue weighted by atomic mass is 19.1. The van der Waals surface area contributed by atoms with E-state index in [-0.39, 0.29) is 11.9 Å². The lowest BCUT2D eigenvalue weighted by Gasteiger charge is -2.29. The van der Waals surface area contributed by atoms with E-state index in [0.717, 1.165) is 57.9 Å². The molecule has 5 nitrogen and oxygen atoms in total. The number of rotatable bonds is 7. The molecule has 3 N–H and O–H groups in total. The van der Waals surface area contributed by atoms with Crippen molar-refractivity contribution in [3.05, 3.63) is 35.6 Å². The van der Waals surface area contributed by atoms with Gasteiger partial charge in [-0.1, -0.05) is 18.2 Å². The Bertz CT molecular complexity index is 515. The van der Waals surface area contributed by atoms with E-state index in [1.165, 1.54) is 6.07 Å². The molecule has 1 heterocycles. The lowest BCUT2D eigenvalue weighted by atomic mass is 10.1. The van der Waals surface area contributed by atoms with Crippen molar-refractivity contribution in [1.29, 1.82) is 0 Å². The van der Waals surface area contributed by atoms with Crippen molar-refractivity contribution < 1.29 is 9.50 Å². The van der Waals surface area contributed by atoms with Crippen LogP contribution in [0.25, 0.3) is 0 Å². The summed E-state index contributed by atoms with van der Waals surface area (Å²) in [5.74, 6) is 0.499. The third kappa shape index (κ3) is 6.45. The zero-order valence-corrected chi connectivity index (χ0v) is 14.5. The second kappa shape index (κ2) is 10.3. The number of benzene rings is 1. The van der Waals surface area contributed by atoms with Crippen molar-refractivity contribution in [2.75, 3.05) is 32.7 Å². The molecule has 0 atom stereocenters. The van der Waals surface area contributed by atoms with Gasteiger partial charge >= 0.3 is 0 Å². The third-order valence-corrected chi connectivity index (χ3v) is 4.21. The SMILES string of the molecule is CCNC(=NCc1ccccc1F)NCCCN1CCC(O)CC1. The number of hydrogen-bond acceptors (Lipinski definition) is 3. The minimum Gasteiger partial charge on any atom is -0.393 e. The predicted octanol–water partition coefficient (Wildman–Crippen LogP) is 1.73. The van der Waals surface area contributed by atoms with Gasteiger partial charge in [0.05, 0.1) is 12.6 Å². The number of halogens is 1. The summed E-state index contributed by atoms with van der Waals surface area (Å²) < 4.78 is 13.6. The standard InChI is InChI=1S/C18H29FN4O/c1-2-20-18(22-14-15-6-3-4-7-17(15)19)21-10-5-11-23-12-8-16(24)9-13-23/h3-4,6-7,16,24H,2,5,8-14H2,1H3,(H2,20,21,22). The fourth-order valence-corrected chi connectivity index (χ4v) is 2.78. The number of hydrogen-bond donors (Lipinski definition) is 3. The number of piperidine rings is 1. The number of aliphatic hydroxyl groups excluding tert-OH is 1. The molecule has 0 spiro atoms. The van der Waals surface area contributed by atoms with Crippen LogP contribution in [0.5, 0.6) is 0 Å². The van der Waals surface area contributed by atoms with Crippen molar-refractivity contribution in [2.24, 2.45) is 4.99 Å². The lowest BCUT2D eigenvalue weighted by molar-refractivity contribution is 0.0823. The summed E-state index contributed by atoms with van der Waals surface area (Å²) >= 11 is 0. The zero-order chi connectivity index (χ0) is 17.2. The van der Waals surface area contributed by atoms with Crippen LogP contribution in [0.3, 0.4) is 0 Å². The summed E-state index contributed by atoms with van der Waals surface area (Å²) in [6.45, 7) is 6.90. The molecule has 0 aliphatic carbocycles. The van der Waals surface area contributed by atoms with E-state index in [1.54, 1.807) is 12.1 Å². The second-order valence-corrected chi connectivity index (χ2v) is 6.14. The van der Waals surface area contributed by atoms with Gasteiger partial charge in [-0.25, -0.2) is 9.38 Å². The number of nitrogens with zero attached hydrogens (tertiary/aromatic N) is 2. The molecule has 0 saturated carbocycles. The Morgan fingerprint density at radius 1 is 1.29 bits per heavy atom. The van der Waals surface area contributed by atoms with Gasteiger partial charge in [0, 0.05) is 31.7 Å². The average Bonchev–Trinajstić information content (AvgIpc) is 2.59. The van der Waals surface area contributed by atoms with Gasteiger partial charge in [-0.05, 0) is 38.8 Å². The molecular formula is C18H29FN4O. The summed E-state index contributed by atoms with van der Waals surface area (Å²) in [6, 6.07) is 6.73. The van der Waals surface area contributed by atoms with E-state index in [0.29, 0.717) is 12.1 Å². The maximum absolute atomic E-state index is 13.6. The molecule has 0 radical (unpaired) electrons. The van der Waals surface area contributed by atoms with Gasteiger partial charge in [0.25, 0.3) is 0 Å². The van der Waals surface area contributed by atoms with E-state index in [1.807, 2.05) is 13.0 Å². The van der Waals surface area contributed by atoms with E-state index in [2.05, 4.69) is 20.5 Å². The summed E-state index contributed by atoms with van der Waals surface area (Å²) in [7, 11) is 0. The van der Waals surface area contributed by atoms with Gasteiger partial charge in [-0.2, -0.15) is 0 Å². The molecule has 1 saturated heterocycles. The Morgan fingerprint density at radius 3 is 2.75 bits per heavy atom. The van der Waals surface area contributed by atoms with Crippen LogP contribution in [-0.4, -0.2) is 54.8 Å². The van der Waals surface area contributed by atoms with Crippen molar-refractivity contribution >= 4 is 5.96 Å². The molecule has 1 aromatic carbocycles. The second-order valence-electron chi connectivity index (χ2n) is 6.14. The minimum atomic E-state index is -0.218. The molecule has 1 aliphatic heterocycles. The first-order chi connectivity index (χ1) is 11.7. The smallest absolute Gasteiger partial charge is 0.191 e. The average molecular weight is 336 g/mol. The number of nitrogens with one attached hydrogen (secondary N) is 2. The fraction of sp³-hybridized carbons (Fsp3) is 0.611. The number of aliphatic hydroxyl groups is 1. The Labute approximate surface area is 144 Å². The van der Waals surface area contributed by atoms with E-state index < -0.39 is 0 Å². The molecule has 134 valence electrons. The number of aliphatic imine (C=N–C) groups is 1. The van der Waals surface area contributed by atoms with E-state index in [4.69, 9.17) is 0 Å². The van der Waals surface area contributed by atoms with E-state index >= 15 is 0 Å². The normalized spacial score (nSPS) is 17.0. The first-order valence-electron chi connectivity index (χ1n) is 8.85. The molecule has 1 fully saturated rings. The molecule has 1 aliphatic rings. The molecular weight excluding hydrogens is 307 g/mol. The van der Waals surface area contributed by atoms with Crippen LogP contribution in [-0.2, 0) is 6.54 Å². The monoisotopic (exact) mass is 336 g/mol. The molecule has 0 aromatic heterocycles. The van der Waals surface area contributed by atoms with Gasteiger partial charge in [0.1, 0.15) is 5.82 Å². The molecule has 0 amide bonds. The highest BCUT2D eigenvalue weighted by molar-refractivity contribution is 5.79. The number of likely N-dealkylation sites (tertiary alicyclic amines) is 1. The Hall–Kier alpha value is -1.66. The van der Waals surface area contributed by atoms with Gasteiger partial charge in [-0.15, -0.1) is 0 Å². The summed E-state index contributed by atoms with van der Waals surface area (Å²) in [6.07, 6.45) is 2.64. The molecule has 0 unspecified atom stereocenters. The Balaban J connectivity index is 1.72. The Kier molecular flexibility index (Phi) is 7.98. The maximum Gasteiger partial charge on any atom is 0.191 e. The fourth-order valence-electron chi connectivity index (χ4n) is 2.78. The summed E-state index contributed by atoms with van der Waals surface area (Å²) in [4.78, 5) is 6.83. The maximum atomic E-state index is 13.6. The summed E-state index contributed by atoms with van der Waals surface area (Å²) in [5.41, 5.74) is 0.599. The van der Waals surface area contributed by atoms with Crippen LogP contribution in [0, 0.1) is 5.82 Å². The molecule has 24 heavy (non-hydrogen) atoms. The molecule has 0 bridgehead atoms. The minimum absolute atomic E-state index is 0.120. The van der Waals surface area contributed by atoms with Crippen molar-refractivity contribution in [3.63, 3.8) is 0 Å². The first-order valence-corrected chi connectivity index (χ1v) is 8.85. The topological polar surface area (TPSA) is 59.9 Å². The predicted molar refractivity (Wildman–Crippen MR) is 95.5 cm³/mol. The van der Waals surface area contributed by atoms with Gasteiger partial charge < -0.3 is 20.6 Å². The lowest BCUT2D eigenvalue weighted by Crippen LogP contribution is -2.40. The van der Waals surface area contributed by atoms with Crippen molar-refractivity contribution in [3.8, 4) is 0 Å². The van der Waals surface area contributed by atoms with E-state index in [9.17, 15) is 9.50 Å². The van der Waals surface area contributed by atoms with Crippen molar-refractivity contribution in [2.45, 2.75) is 38.8 Å². The van der Waals surface area contributed by atoms with Gasteiger partial charge in [0.15, 0.2) is 5.96 Å². The highest BCUT2D eigenvalue weighted by Gasteiger charge is 2.15. The molecule has 1 aromatic rings. The molecule has 2 rings (SSSR count). The van der Waals surface area contributed by atoms with Crippen LogP contribution in [0.15, 0.2) is 29.3 Å². The molecule has 6 heteroatoms. The van der Waals surface area contributed by atoms with Crippen molar-refractivity contribution in [1.82, 2.24) is 15.5 Å². The van der Waals surface area contributed by atoms with Crippen LogP contribution >= 0.6 is 0 Å². The number of guanidine groups is 1. The zero-order valence-electron chi connectivity index (χ0n) is 14.5. The quantitative estimate of drug-likeness (QED) is 0.403. The van der Waals surface area contributed by atoms with Gasteiger partial charge in [0.2, 0.25) is 0 Å². The Morgan fingerprint density at radius 2 is 2.04 bits per heavy atom. The van der Waals surface area contributed by atoms with Crippen LogP contribution in [0.4, 0.5) is 4.39 Å². The van der Waals surface area contributed by atoms with Crippen LogP contribution < -0.4 is 10.6 Å². The first kappa shape index (κ1) is 18.7.